The van der Waals surface area contributed by atoms with Gasteiger partial charge in [0.15, 0.2) is 0 Å². The summed E-state index contributed by atoms with van der Waals surface area (Å²) >= 11 is 0. The van der Waals surface area contributed by atoms with E-state index in [0.29, 0.717) is 13.2 Å². The molecule has 12 aromatic rings. The van der Waals surface area contributed by atoms with E-state index < -0.39 is 0 Å². The lowest BCUT2D eigenvalue weighted by atomic mass is 9.86. The highest BCUT2D eigenvalue weighted by atomic mass is 16.5. The number of benzene rings is 10. The number of hydrogen-bond acceptors (Lipinski definition) is 2. The number of nitrogens with zero attached hydrogens (tertiary/aromatic N) is 2. The number of rotatable bonds is 23. The molecule has 2 heterocycles. The maximum atomic E-state index is 7.13. The third-order valence-electron chi connectivity index (χ3n) is 20.1. The molecule has 0 aliphatic heterocycles. The van der Waals surface area contributed by atoms with Crippen LogP contribution in [-0.4, -0.2) is 22.3 Å². The molecule has 0 atom stereocenters. The van der Waals surface area contributed by atoms with Crippen LogP contribution in [0.15, 0.2) is 206 Å². The molecule has 0 spiro atoms. The Labute approximate surface area is 574 Å². The SMILES string of the molecule is CCCCCCCCOc1ccc(-n2c3ccc(-c4ccc(C(C)(C)C)cc4)cc3c3cc(-c4ccc(C(C)(C)C)cc4)ccc32)cc1-c1cc(-n2c3ccc(-c4ccc(C(C)(C)C)cc4)cc3c3cc(-c4ccc(C(C)(C)C)cc4)ccc32)ccc1OCCCCCCCC. The minimum absolute atomic E-state index is 0.0630. The Balaban J connectivity index is 1.05. The minimum atomic E-state index is 0.0630. The van der Waals surface area contributed by atoms with E-state index in [0.717, 1.165) is 81.8 Å². The van der Waals surface area contributed by atoms with Gasteiger partial charge in [-0.1, -0.05) is 282 Å². The van der Waals surface area contributed by atoms with Crippen molar-refractivity contribution in [3.63, 3.8) is 0 Å². The summed E-state index contributed by atoms with van der Waals surface area (Å²) in [7, 11) is 0. The zero-order chi connectivity index (χ0) is 67.5. The minimum Gasteiger partial charge on any atom is -0.493 e. The molecule has 494 valence electrons. The van der Waals surface area contributed by atoms with Crippen LogP contribution in [0.3, 0.4) is 0 Å². The van der Waals surface area contributed by atoms with Crippen molar-refractivity contribution in [2.75, 3.05) is 13.2 Å². The Morgan fingerprint density at radius 1 is 0.250 bits per heavy atom. The van der Waals surface area contributed by atoms with Crippen LogP contribution in [0.2, 0.25) is 0 Å². The van der Waals surface area contributed by atoms with Crippen LogP contribution in [0.4, 0.5) is 0 Å². The van der Waals surface area contributed by atoms with Crippen LogP contribution in [0, 0.1) is 0 Å². The predicted octanol–water partition coefficient (Wildman–Crippen LogP) is 26.9. The van der Waals surface area contributed by atoms with Gasteiger partial charge >= 0.3 is 0 Å². The van der Waals surface area contributed by atoms with Gasteiger partial charge in [0.25, 0.3) is 0 Å². The zero-order valence-electron chi connectivity index (χ0n) is 60.2. The molecule has 0 N–H and O–H groups in total. The summed E-state index contributed by atoms with van der Waals surface area (Å²) in [6.45, 7) is 33.3. The van der Waals surface area contributed by atoms with E-state index in [1.165, 1.54) is 140 Å². The summed E-state index contributed by atoms with van der Waals surface area (Å²) in [6, 6.07) is 79.0. The number of unbranched alkanes of at least 4 members (excludes halogenated alkanes) is 10. The van der Waals surface area contributed by atoms with Crippen molar-refractivity contribution in [1.82, 2.24) is 9.13 Å². The van der Waals surface area contributed by atoms with Crippen molar-refractivity contribution in [2.24, 2.45) is 0 Å². The lowest BCUT2D eigenvalue weighted by Crippen LogP contribution is -2.10. The van der Waals surface area contributed by atoms with Crippen LogP contribution >= 0.6 is 0 Å². The summed E-state index contributed by atoms with van der Waals surface area (Å²) < 4.78 is 19.2. The zero-order valence-corrected chi connectivity index (χ0v) is 60.2. The number of ether oxygens (including phenoxy) is 2. The number of fused-ring (bicyclic) bond motifs is 6. The summed E-state index contributed by atoms with van der Waals surface area (Å²) in [4.78, 5) is 0. The highest BCUT2D eigenvalue weighted by Crippen LogP contribution is 2.46. The smallest absolute Gasteiger partial charge is 0.127 e. The molecule has 0 fully saturated rings. The Morgan fingerprint density at radius 2 is 0.490 bits per heavy atom. The van der Waals surface area contributed by atoms with Crippen LogP contribution in [0.25, 0.3) is 111 Å². The maximum Gasteiger partial charge on any atom is 0.127 e. The van der Waals surface area contributed by atoms with Crippen molar-refractivity contribution in [3.8, 4) is 78.5 Å². The standard InChI is InChI=1S/C92H104N2O2/c1-15-17-19-21-23-25-55-95-87-53-47-75(93-83-49-35-67(63-27-39-71(40-28-63)89(3,4)5)57-77(83)78-58-68(36-50-84(78)93)64-29-41-72(42-30-64)90(6,7)8)61-81(87)82-62-76(48-54-88(82)96-56-26-24-22-20-18-16-2)94-85-51-37-69(65-31-43-73(44-32-65)91(9,10)11)59-79(85)80-60-70(38-52-86(80)94)66-33-45-74(46-34-66)92(12,13)14/h27-54,57-62H,15-26,55-56H2,1-14H3. The molecule has 0 aliphatic rings. The van der Waals surface area contributed by atoms with E-state index >= 15 is 0 Å². The molecule has 10 aromatic carbocycles. The van der Waals surface area contributed by atoms with E-state index in [1.807, 2.05) is 0 Å². The first-order valence-corrected chi connectivity index (χ1v) is 36.2. The lowest BCUT2D eigenvalue weighted by Gasteiger charge is -2.20. The molecule has 0 aliphatic carbocycles. The van der Waals surface area contributed by atoms with E-state index in [2.05, 4.69) is 312 Å². The van der Waals surface area contributed by atoms with Gasteiger partial charge in [-0.2, -0.15) is 0 Å². The summed E-state index contributed by atoms with van der Waals surface area (Å²) in [6.07, 6.45) is 14.2. The predicted molar refractivity (Wildman–Crippen MR) is 415 cm³/mol. The molecular formula is C92H104N2O2. The molecule has 12 rings (SSSR count). The van der Waals surface area contributed by atoms with E-state index in [-0.39, 0.29) is 21.7 Å². The molecule has 4 nitrogen and oxygen atoms in total. The molecule has 4 heteroatoms. The molecule has 2 aromatic heterocycles. The molecule has 0 amide bonds. The Bertz CT molecular complexity index is 4130. The van der Waals surface area contributed by atoms with Crippen molar-refractivity contribution in [1.29, 1.82) is 0 Å². The molecule has 0 saturated heterocycles. The highest BCUT2D eigenvalue weighted by Gasteiger charge is 2.24. The third-order valence-corrected chi connectivity index (χ3v) is 20.1. The molecule has 0 bridgehead atoms. The van der Waals surface area contributed by atoms with Gasteiger partial charge in [0.1, 0.15) is 11.5 Å². The van der Waals surface area contributed by atoms with Crippen LogP contribution in [0.1, 0.15) is 196 Å². The third kappa shape index (κ3) is 14.7. The van der Waals surface area contributed by atoms with Gasteiger partial charge < -0.3 is 18.6 Å². The summed E-state index contributed by atoms with van der Waals surface area (Å²) in [5.41, 5.74) is 24.0. The van der Waals surface area contributed by atoms with E-state index in [4.69, 9.17) is 9.47 Å². The molecule has 0 radical (unpaired) electrons. The summed E-state index contributed by atoms with van der Waals surface area (Å²) in [5, 5.41) is 4.86. The molecule has 96 heavy (non-hydrogen) atoms. The van der Waals surface area contributed by atoms with Gasteiger partial charge in [0.05, 0.1) is 35.3 Å². The van der Waals surface area contributed by atoms with Crippen molar-refractivity contribution >= 4 is 43.6 Å². The van der Waals surface area contributed by atoms with Crippen molar-refractivity contribution in [3.05, 3.63) is 229 Å². The first-order chi connectivity index (χ1) is 46.0. The van der Waals surface area contributed by atoms with Gasteiger partial charge in [-0.25, -0.2) is 0 Å². The fourth-order valence-electron chi connectivity index (χ4n) is 14.1. The topological polar surface area (TPSA) is 28.3 Å². The van der Waals surface area contributed by atoms with Gasteiger partial charge in [-0.05, 0) is 186 Å². The first kappa shape index (κ1) is 67.4. The monoisotopic (exact) mass is 1270 g/mol. The molecular weight excluding hydrogens is 1170 g/mol. The molecule has 0 unspecified atom stereocenters. The summed E-state index contributed by atoms with van der Waals surface area (Å²) in [5.74, 6) is 1.73. The van der Waals surface area contributed by atoms with Crippen LogP contribution in [-0.2, 0) is 21.7 Å². The Hall–Kier alpha value is -8.60. The Morgan fingerprint density at radius 3 is 0.740 bits per heavy atom. The second kappa shape index (κ2) is 28.2. The fourth-order valence-corrected chi connectivity index (χ4v) is 14.1. The van der Waals surface area contributed by atoms with E-state index in [9.17, 15) is 0 Å². The van der Waals surface area contributed by atoms with Crippen molar-refractivity contribution in [2.45, 2.75) is 196 Å². The van der Waals surface area contributed by atoms with Gasteiger partial charge in [0, 0.05) is 44.0 Å². The van der Waals surface area contributed by atoms with Crippen molar-refractivity contribution < 1.29 is 9.47 Å². The average molecular weight is 1270 g/mol. The van der Waals surface area contributed by atoms with Crippen LogP contribution < -0.4 is 9.47 Å². The number of aromatic nitrogens is 2. The maximum absolute atomic E-state index is 7.13. The number of hydrogen-bond donors (Lipinski definition) is 0. The van der Waals surface area contributed by atoms with Crippen LogP contribution in [0.5, 0.6) is 11.5 Å². The second-order valence-electron chi connectivity index (χ2n) is 31.5. The second-order valence-corrected chi connectivity index (χ2v) is 31.5. The largest absolute Gasteiger partial charge is 0.493 e. The first-order valence-electron chi connectivity index (χ1n) is 36.2. The normalized spacial score (nSPS) is 12.4. The average Bonchev–Trinajstić information content (AvgIpc) is 1.58. The van der Waals surface area contributed by atoms with Gasteiger partial charge in [0.2, 0.25) is 0 Å². The van der Waals surface area contributed by atoms with Gasteiger partial charge in [-0.3, -0.25) is 0 Å². The fraction of sp³-hybridized carbons (Fsp3) is 0.348. The highest BCUT2D eigenvalue weighted by molar-refractivity contribution is 6.13. The molecule has 0 saturated carbocycles. The van der Waals surface area contributed by atoms with E-state index in [1.54, 1.807) is 0 Å². The Kier molecular flexibility index (Phi) is 19.8. The quantitative estimate of drug-likeness (QED) is 0.0597. The van der Waals surface area contributed by atoms with Gasteiger partial charge in [-0.15, -0.1) is 0 Å². The lowest BCUT2D eigenvalue weighted by molar-refractivity contribution is 0.301.